The number of hydrogen-bond acceptors (Lipinski definition) is 4. The standard InChI is InChI=1S/C16H27N3O/c1-4-9-14-18-15(17-5-2)12(3)16(19-14)20-13-10-7-6-8-11-13/h13H,4-11H2,1-3H3,(H,17,18,19). The molecule has 1 N–H and O–H groups in total. The first-order chi connectivity index (χ1) is 9.74. The molecule has 1 aromatic rings. The molecule has 2 rings (SSSR count). The van der Waals surface area contributed by atoms with Crippen LogP contribution in [0.4, 0.5) is 5.82 Å². The van der Waals surface area contributed by atoms with Gasteiger partial charge in [-0.3, -0.25) is 0 Å². The van der Waals surface area contributed by atoms with Crippen LogP contribution < -0.4 is 10.1 Å². The first kappa shape index (κ1) is 15.1. The van der Waals surface area contributed by atoms with E-state index in [9.17, 15) is 0 Å². The number of nitrogens with zero attached hydrogens (tertiary/aromatic N) is 2. The predicted octanol–water partition coefficient (Wildman–Crippen LogP) is 3.88. The summed E-state index contributed by atoms with van der Waals surface area (Å²) < 4.78 is 6.17. The lowest BCUT2D eigenvalue weighted by Crippen LogP contribution is -2.21. The Labute approximate surface area is 122 Å². The van der Waals surface area contributed by atoms with Crippen molar-refractivity contribution in [3.05, 3.63) is 11.4 Å². The Morgan fingerprint density at radius 2 is 1.90 bits per heavy atom. The molecule has 0 bridgehead atoms. The molecule has 1 aliphatic carbocycles. The third kappa shape index (κ3) is 3.84. The summed E-state index contributed by atoms with van der Waals surface area (Å²) in [5.41, 5.74) is 1.04. The molecule has 0 unspecified atom stereocenters. The summed E-state index contributed by atoms with van der Waals surface area (Å²) >= 11 is 0. The molecule has 1 heterocycles. The SMILES string of the molecule is CCCc1nc(NCC)c(C)c(OC2CCCCC2)n1. The maximum absolute atomic E-state index is 6.17. The Bertz CT molecular complexity index is 428. The Morgan fingerprint density at radius 1 is 1.15 bits per heavy atom. The Morgan fingerprint density at radius 3 is 2.55 bits per heavy atom. The smallest absolute Gasteiger partial charge is 0.222 e. The normalized spacial score (nSPS) is 16.1. The summed E-state index contributed by atoms with van der Waals surface area (Å²) in [5.74, 6) is 2.60. The van der Waals surface area contributed by atoms with Crippen LogP contribution in [0.5, 0.6) is 5.88 Å². The van der Waals surface area contributed by atoms with E-state index in [-0.39, 0.29) is 0 Å². The number of hydrogen-bond donors (Lipinski definition) is 1. The van der Waals surface area contributed by atoms with Crippen LogP contribution in [0.1, 0.15) is 63.8 Å². The van der Waals surface area contributed by atoms with Gasteiger partial charge in [0.25, 0.3) is 0 Å². The largest absolute Gasteiger partial charge is 0.474 e. The summed E-state index contributed by atoms with van der Waals surface area (Å²) in [6, 6.07) is 0. The van der Waals surface area contributed by atoms with Gasteiger partial charge in [-0.15, -0.1) is 0 Å². The lowest BCUT2D eigenvalue weighted by Gasteiger charge is -2.24. The topological polar surface area (TPSA) is 47.0 Å². The molecule has 0 radical (unpaired) electrons. The van der Waals surface area contributed by atoms with E-state index in [1.807, 2.05) is 6.92 Å². The Balaban J connectivity index is 2.19. The van der Waals surface area contributed by atoms with Crippen LogP contribution >= 0.6 is 0 Å². The van der Waals surface area contributed by atoms with Gasteiger partial charge < -0.3 is 10.1 Å². The minimum atomic E-state index is 0.335. The van der Waals surface area contributed by atoms with Crippen molar-refractivity contribution in [2.75, 3.05) is 11.9 Å². The van der Waals surface area contributed by atoms with Gasteiger partial charge in [-0.2, -0.15) is 4.98 Å². The predicted molar refractivity (Wildman–Crippen MR) is 82.4 cm³/mol. The first-order valence-electron chi connectivity index (χ1n) is 8.02. The molecule has 0 aromatic carbocycles. The third-order valence-electron chi connectivity index (χ3n) is 3.80. The first-order valence-corrected chi connectivity index (χ1v) is 8.02. The maximum atomic E-state index is 6.17. The maximum Gasteiger partial charge on any atom is 0.222 e. The van der Waals surface area contributed by atoms with Crippen molar-refractivity contribution in [2.24, 2.45) is 0 Å². The summed E-state index contributed by atoms with van der Waals surface area (Å²) in [4.78, 5) is 9.23. The molecule has 112 valence electrons. The van der Waals surface area contributed by atoms with E-state index >= 15 is 0 Å². The van der Waals surface area contributed by atoms with Crippen LogP contribution in [-0.4, -0.2) is 22.6 Å². The van der Waals surface area contributed by atoms with Gasteiger partial charge in [0, 0.05) is 13.0 Å². The van der Waals surface area contributed by atoms with Gasteiger partial charge in [0.05, 0.1) is 5.56 Å². The number of rotatable bonds is 6. The molecule has 20 heavy (non-hydrogen) atoms. The number of anilines is 1. The zero-order chi connectivity index (χ0) is 14.4. The van der Waals surface area contributed by atoms with E-state index in [1.165, 1.54) is 19.3 Å². The molecule has 1 fully saturated rings. The van der Waals surface area contributed by atoms with E-state index in [0.29, 0.717) is 6.10 Å². The number of aryl methyl sites for hydroxylation is 1. The van der Waals surface area contributed by atoms with Crippen molar-refractivity contribution in [1.82, 2.24) is 9.97 Å². The van der Waals surface area contributed by atoms with E-state index in [2.05, 4.69) is 29.1 Å². The third-order valence-corrected chi connectivity index (χ3v) is 3.80. The molecule has 0 atom stereocenters. The van der Waals surface area contributed by atoms with E-state index in [0.717, 1.165) is 55.3 Å². The minimum absolute atomic E-state index is 0.335. The van der Waals surface area contributed by atoms with Crippen molar-refractivity contribution < 1.29 is 4.74 Å². The van der Waals surface area contributed by atoms with Gasteiger partial charge in [-0.25, -0.2) is 4.98 Å². The van der Waals surface area contributed by atoms with Gasteiger partial charge in [0.1, 0.15) is 17.7 Å². The summed E-state index contributed by atoms with van der Waals surface area (Å²) in [6.45, 7) is 7.15. The summed E-state index contributed by atoms with van der Waals surface area (Å²) in [7, 11) is 0. The monoisotopic (exact) mass is 277 g/mol. The Hall–Kier alpha value is -1.32. The van der Waals surface area contributed by atoms with Crippen LogP contribution in [0.3, 0.4) is 0 Å². The lowest BCUT2D eigenvalue weighted by molar-refractivity contribution is 0.147. The highest BCUT2D eigenvalue weighted by atomic mass is 16.5. The molecule has 1 saturated carbocycles. The fourth-order valence-electron chi connectivity index (χ4n) is 2.67. The quantitative estimate of drug-likeness (QED) is 0.857. The average molecular weight is 277 g/mol. The van der Waals surface area contributed by atoms with Crippen molar-refractivity contribution in [3.8, 4) is 5.88 Å². The minimum Gasteiger partial charge on any atom is -0.474 e. The highest BCUT2D eigenvalue weighted by molar-refractivity contribution is 5.48. The van der Waals surface area contributed by atoms with Crippen LogP contribution in [0, 0.1) is 6.92 Å². The fourth-order valence-corrected chi connectivity index (χ4v) is 2.67. The van der Waals surface area contributed by atoms with Crippen LogP contribution in [0.15, 0.2) is 0 Å². The van der Waals surface area contributed by atoms with E-state index in [1.54, 1.807) is 0 Å². The van der Waals surface area contributed by atoms with Crippen molar-refractivity contribution in [3.63, 3.8) is 0 Å². The molecule has 4 nitrogen and oxygen atoms in total. The zero-order valence-corrected chi connectivity index (χ0v) is 13.0. The van der Waals surface area contributed by atoms with Gasteiger partial charge in [-0.1, -0.05) is 13.3 Å². The lowest BCUT2D eigenvalue weighted by atomic mass is 9.98. The molecule has 0 saturated heterocycles. The van der Waals surface area contributed by atoms with Crippen molar-refractivity contribution >= 4 is 5.82 Å². The van der Waals surface area contributed by atoms with E-state index < -0.39 is 0 Å². The summed E-state index contributed by atoms with van der Waals surface area (Å²) in [5, 5.41) is 3.32. The molecule has 0 spiro atoms. The fraction of sp³-hybridized carbons (Fsp3) is 0.750. The van der Waals surface area contributed by atoms with Gasteiger partial charge in [-0.05, 0) is 46.0 Å². The molecule has 0 aliphatic heterocycles. The molecule has 0 amide bonds. The summed E-state index contributed by atoms with van der Waals surface area (Å²) in [6.07, 6.45) is 8.49. The van der Waals surface area contributed by atoms with Crippen LogP contribution in [0.2, 0.25) is 0 Å². The number of ether oxygens (including phenoxy) is 1. The molecule has 4 heteroatoms. The average Bonchev–Trinajstić information content (AvgIpc) is 2.45. The van der Waals surface area contributed by atoms with Gasteiger partial charge in [0.2, 0.25) is 5.88 Å². The molecule has 1 aromatic heterocycles. The number of aromatic nitrogens is 2. The van der Waals surface area contributed by atoms with Gasteiger partial charge in [0.15, 0.2) is 0 Å². The van der Waals surface area contributed by atoms with Crippen LogP contribution in [0.25, 0.3) is 0 Å². The second-order valence-corrected chi connectivity index (χ2v) is 5.58. The molecular weight excluding hydrogens is 250 g/mol. The second kappa shape index (κ2) is 7.46. The molecular formula is C16H27N3O. The Kier molecular flexibility index (Phi) is 5.62. The van der Waals surface area contributed by atoms with Crippen molar-refractivity contribution in [2.45, 2.75) is 71.8 Å². The van der Waals surface area contributed by atoms with E-state index in [4.69, 9.17) is 4.74 Å². The molecule has 1 aliphatic rings. The highest BCUT2D eigenvalue weighted by Gasteiger charge is 2.18. The second-order valence-electron chi connectivity index (χ2n) is 5.58. The van der Waals surface area contributed by atoms with Gasteiger partial charge >= 0.3 is 0 Å². The van der Waals surface area contributed by atoms with Crippen LogP contribution in [-0.2, 0) is 6.42 Å². The highest BCUT2D eigenvalue weighted by Crippen LogP contribution is 2.27. The van der Waals surface area contributed by atoms with Crippen molar-refractivity contribution in [1.29, 1.82) is 0 Å². The number of nitrogens with one attached hydrogen (secondary N) is 1. The zero-order valence-electron chi connectivity index (χ0n) is 13.0.